The standard InChI is InChI=1S/C33H44N4O6S/c1-23(2)19-27(35-30(39)26(34-22-38)15-18-44-4)31(40)36-16-17-37(32(41)28(36)20-24-11-7-5-8-12-24)29(33(42)43-3)21-25-13-9-6-10-14-25/h5-14,22-23,26-29H,15-21H2,1-4H3,(H,34,38)(H,35,39)/t26-,27-,28-,29-/m0/s1. The summed E-state index contributed by atoms with van der Waals surface area (Å²) in [6, 6.07) is 15.4. The van der Waals surface area contributed by atoms with Gasteiger partial charge >= 0.3 is 5.97 Å². The Hall–Kier alpha value is -3.86. The smallest absolute Gasteiger partial charge is 0.328 e. The van der Waals surface area contributed by atoms with Crippen molar-refractivity contribution in [1.29, 1.82) is 0 Å². The number of rotatable bonds is 16. The molecule has 4 amide bonds. The van der Waals surface area contributed by atoms with Gasteiger partial charge in [-0.1, -0.05) is 74.5 Å². The fraction of sp³-hybridized carbons (Fsp3) is 0.485. The number of ether oxygens (including phenoxy) is 1. The zero-order chi connectivity index (χ0) is 32.1. The first-order valence-electron chi connectivity index (χ1n) is 15.0. The zero-order valence-corrected chi connectivity index (χ0v) is 26.8. The molecule has 11 heteroatoms. The number of thioether (sulfide) groups is 1. The third-order valence-electron chi connectivity index (χ3n) is 7.72. The second-order valence-electron chi connectivity index (χ2n) is 11.3. The van der Waals surface area contributed by atoms with Crippen LogP contribution < -0.4 is 10.6 Å². The summed E-state index contributed by atoms with van der Waals surface area (Å²) >= 11 is 1.55. The molecule has 1 saturated heterocycles. The molecule has 2 aromatic rings. The Bertz CT molecular complexity index is 1250. The Kier molecular flexibility index (Phi) is 13.7. The monoisotopic (exact) mass is 624 g/mol. The lowest BCUT2D eigenvalue weighted by atomic mass is 9.95. The molecule has 2 N–H and O–H groups in total. The summed E-state index contributed by atoms with van der Waals surface area (Å²) < 4.78 is 5.12. The molecule has 2 aromatic carbocycles. The average molecular weight is 625 g/mol. The molecule has 1 aliphatic rings. The Balaban J connectivity index is 1.93. The van der Waals surface area contributed by atoms with Crippen LogP contribution in [0.1, 0.15) is 37.8 Å². The molecule has 3 rings (SSSR count). The third kappa shape index (κ3) is 9.57. The van der Waals surface area contributed by atoms with Crippen molar-refractivity contribution in [3.8, 4) is 0 Å². The van der Waals surface area contributed by atoms with Gasteiger partial charge in [-0.25, -0.2) is 4.79 Å². The maximum absolute atomic E-state index is 14.3. The Labute approximate surface area is 264 Å². The molecule has 238 valence electrons. The second-order valence-corrected chi connectivity index (χ2v) is 12.3. The summed E-state index contributed by atoms with van der Waals surface area (Å²) in [4.78, 5) is 69.0. The number of carbonyl (C=O) groups excluding carboxylic acids is 5. The molecule has 0 bridgehead atoms. The van der Waals surface area contributed by atoms with Crippen molar-refractivity contribution < 1.29 is 28.7 Å². The van der Waals surface area contributed by atoms with Gasteiger partial charge in [0.05, 0.1) is 7.11 Å². The predicted molar refractivity (Wildman–Crippen MR) is 171 cm³/mol. The normalized spacial score (nSPS) is 17.0. The quantitative estimate of drug-likeness (QED) is 0.217. The Morgan fingerprint density at radius 1 is 1.00 bits per heavy atom. The van der Waals surface area contributed by atoms with Crippen LogP contribution in [0.3, 0.4) is 0 Å². The number of nitrogens with one attached hydrogen (secondary N) is 2. The summed E-state index contributed by atoms with van der Waals surface area (Å²) in [5, 5.41) is 5.43. The molecule has 0 spiro atoms. The van der Waals surface area contributed by atoms with Gasteiger partial charge in [-0.05, 0) is 41.9 Å². The minimum atomic E-state index is -0.897. The van der Waals surface area contributed by atoms with E-state index in [4.69, 9.17) is 4.74 Å². The summed E-state index contributed by atoms with van der Waals surface area (Å²) in [7, 11) is 1.30. The van der Waals surface area contributed by atoms with Gasteiger partial charge in [0.2, 0.25) is 24.1 Å². The van der Waals surface area contributed by atoms with Crippen LogP contribution in [0.25, 0.3) is 0 Å². The maximum Gasteiger partial charge on any atom is 0.328 e. The number of carbonyl (C=O) groups is 5. The van der Waals surface area contributed by atoms with E-state index < -0.39 is 36.0 Å². The van der Waals surface area contributed by atoms with Crippen LogP contribution in [0, 0.1) is 5.92 Å². The highest BCUT2D eigenvalue weighted by molar-refractivity contribution is 7.98. The number of amides is 4. The molecule has 4 atom stereocenters. The highest BCUT2D eigenvalue weighted by atomic mass is 32.2. The van der Waals surface area contributed by atoms with Crippen LogP contribution in [-0.2, 0) is 41.6 Å². The van der Waals surface area contributed by atoms with Crippen LogP contribution in [0.2, 0.25) is 0 Å². The molecule has 0 saturated carbocycles. The molecular formula is C33H44N4O6S. The summed E-state index contributed by atoms with van der Waals surface area (Å²) in [5.41, 5.74) is 1.74. The molecular weight excluding hydrogens is 580 g/mol. The average Bonchev–Trinajstić information content (AvgIpc) is 3.02. The van der Waals surface area contributed by atoms with E-state index in [2.05, 4.69) is 10.6 Å². The van der Waals surface area contributed by atoms with Crippen molar-refractivity contribution in [1.82, 2.24) is 20.4 Å². The summed E-state index contributed by atoms with van der Waals surface area (Å²) in [6.07, 6.45) is 3.69. The maximum atomic E-state index is 14.3. The van der Waals surface area contributed by atoms with Gasteiger partial charge in [-0.3, -0.25) is 19.2 Å². The van der Waals surface area contributed by atoms with Crippen molar-refractivity contribution in [2.75, 3.05) is 32.2 Å². The van der Waals surface area contributed by atoms with Crippen molar-refractivity contribution in [3.63, 3.8) is 0 Å². The van der Waals surface area contributed by atoms with E-state index in [0.717, 1.165) is 11.1 Å². The van der Waals surface area contributed by atoms with Gasteiger partial charge in [0.1, 0.15) is 24.2 Å². The van der Waals surface area contributed by atoms with Crippen molar-refractivity contribution in [2.45, 2.75) is 63.7 Å². The third-order valence-corrected chi connectivity index (χ3v) is 8.36. The van der Waals surface area contributed by atoms with Crippen LogP contribution >= 0.6 is 11.8 Å². The minimum absolute atomic E-state index is 0.0621. The van der Waals surface area contributed by atoms with E-state index in [9.17, 15) is 24.0 Å². The predicted octanol–water partition coefficient (Wildman–Crippen LogP) is 2.45. The zero-order valence-electron chi connectivity index (χ0n) is 25.9. The van der Waals surface area contributed by atoms with Crippen molar-refractivity contribution in [2.24, 2.45) is 5.92 Å². The first kappa shape index (κ1) is 34.6. The number of hydrogen-bond donors (Lipinski definition) is 2. The van der Waals surface area contributed by atoms with Crippen molar-refractivity contribution in [3.05, 3.63) is 71.8 Å². The SMILES string of the molecule is COC(=O)[C@H](Cc1ccccc1)N1CCN(C(=O)[C@H](CC(C)C)NC(=O)[C@H](CCSC)NC=O)[C@@H](Cc2ccccc2)C1=O. The number of esters is 1. The van der Waals surface area contributed by atoms with Crippen LogP contribution in [0.4, 0.5) is 0 Å². The van der Waals surface area contributed by atoms with E-state index in [1.165, 1.54) is 12.0 Å². The molecule has 1 fully saturated rings. The topological polar surface area (TPSA) is 125 Å². The second kappa shape index (κ2) is 17.4. The molecule has 0 aliphatic carbocycles. The van der Waals surface area contributed by atoms with Gasteiger partial charge in [0.25, 0.3) is 0 Å². The first-order valence-corrected chi connectivity index (χ1v) is 16.3. The number of methoxy groups -OCH3 is 1. The van der Waals surface area contributed by atoms with Crippen molar-refractivity contribution >= 4 is 41.9 Å². The fourth-order valence-corrected chi connectivity index (χ4v) is 5.95. The highest BCUT2D eigenvalue weighted by Crippen LogP contribution is 2.23. The number of piperazine rings is 1. The number of hydrogen-bond acceptors (Lipinski definition) is 7. The van der Waals surface area contributed by atoms with E-state index in [1.54, 1.807) is 16.7 Å². The van der Waals surface area contributed by atoms with Gasteiger partial charge < -0.3 is 25.2 Å². The molecule has 44 heavy (non-hydrogen) atoms. The van der Waals surface area contributed by atoms with Gasteiger partial charge in [0.15, 0.2) is 0 Å². The van der Waals surface area contributed by atoms with E-state index in [0.29, 0.717) is 25.0 Å². The van der Waals surface area contributed by atoms with Crippen LogP contribution in [-0.4, -0.2) is 96.3 Å². The van der Waals surface area contributed by atoms with Crippen LogP contribution in [0.5, 0.6) is 0 Å². The first-order chi connectivity index (χ1) is 21.2. The number of benzene rings is 2. The lowest BCUT2D eigenvalue weighted by molar-refractivity contribution is -0.162. The largest absolute Gasteiger partial charge is 0.467 e. The summed E-state index contributed by atoms with van der Waals surface area (Å²) in [5.74, 6) is -0.968. The van der Waals surface area contributed by atoms with Crippen LogP contribution in [0.15, 0.2) is 60.7 Å². The fourth-order valence-electron chi connectivity index (χ4n) is 5.48. The van der Waals surface area contributed by atoms with Gasteiger partial charge in [-0.2, -0.15) is 11.8 Å². The molecule has 1 heterocycles. The Morgan fingerprint density at radius 2 is 1.64 bits per heavy atom. The number of nitrogens with zero attached hydrogens (tertiary/aromatic N) is 2. The lowest BCUT2D eigenvalue weighted by Gasteiger charge is -2.44. The molecule has 0 aromatic heterocycles. The molecule has 1 aliphatic heterocycles. The molecule has 0 unspecified atom stereocenters. The lowest BCUT2D eigenvalue weighted by Crippen LogP contribution is -2.66. The van der Waals surface area contributed by atoms with Gasteiger partial charge in [0, 0.05) is 25.9 Å². The van der Waals surface area contributed by atoms with E-state index >= 15 is 0 Å². The molecule has 10 nitrogen and oxygen atoms in total. The minimum Gasteiger partial charge on any atom is -0.467 e. The highest BCUT2D eigenvalue weighted by Gasteiger charge is 2.44. The van der Waals surface area contributed by atoms with E-state index in [1.807, 2.05) is 80.8 Å². The summed E-state index contributed by atoms with van der Waals surface area (Å²) in [6.45, 7) is 4.22. The van der Waals surface area contributed by atoms with E-state index in [-0.39, 0.29) is 43.7 Å². The Morgan fingerprint density at radius 3 is 2.20 bits per heavy atom. The van der Waals surface area contributed by atoms with Gasteiger partial charge in [-0.15, -0.1) is 0 Å². The molecule has 0 radical (unpaired) electrons.